The minimum Gasteiger partial charge on any atom is -0.381 e. The molecule has 0 aromatic heterocycles. The summed E-state index contributed by atoms with van der Waals surface area (Å²) in [5.74, 6) is 0. The monoisotopic (exact) mass is 345 g/mol. The number of rotatable bonds is 12. The lowest BCUT2D eigenvalue weighted by molar-refractivity contribution is 0.217. The molecular weight excluding hydrogens is 307 g/mol. The fraction of sp³-hybridized carbons (Fsp3) is 0.882. The summed E-state index contributed by atoms with van der Waals surface area (Å²) >= 11 is 0. The van der Waals surface area contributed by atoms with E-state index in [0.717, 1.165) is 6.61 Å². The minimum atomic E-state index is -0.687. The predicted molar refractivity (Wildman–Crippen MR) is 103 cm³/mol. The van der Waals surface area contributed by atoms with E-state index in [-0.39, 0.29) is 0 Å². The molecule has 0 spiro atoms. The first kappa shape index (κ1) is 26.8. The van der Waals surface area contributed by atoms with Crippen molar-refractivity contribution in [3.8, 4) is 12.4 Å². The Morgan fingerprint density at radius 1 is 0.783 bits per heavy atom. The van der Waals surface area contributed by atoms with Gasteiger partial charge in [0.25, 0.3) is 0 Å². The maximum absolute atomic E-state index is 7.10. The average Bonchev–Trinajstić information content (AvgIpc) is 2.55. The largest absolute Gasteiger partial charge is 0.381 e. The molecule has 0 fully saturated rings. The number of hydrogen-bond donors (Lipinski definition) is 2. The molecule has 0 aromatic carbocycles. The Hall–Kier alpha value is -1.03. The number of ether oxygens (including phenoxy) is 1. The van der Waals surface area contributed by atoms with E-state index in [1.165, 1.54) is 75.6 Å². The molecule has 0 rings (SSSR count). The highest BCUT2D eigenvalue weighted by molar-refractivity contribution is 7.75. The van der Waals surface area contributed by atoms with Crippen LogP contribution in [0.4, 0.5) is 0 Å². The van der Waals surface area contributed by atoms with Crippen LogP contribution in [-0.2, 0) is 4.74 Å². The summed E-state index contributed by atoms with van der Waals surface area (Å²) in [6.45, 7) is 7.96. The van der Waals surface area contributed by atoms with Crippen molar-refractivity contribution in [3.05, 3.63) is 0 Å². The first-order chi connectivity index (χ1) is 11.1. The molecule has 23 heavy (non-hydrogen) atoms. The molecule has 0 unspecified atom stereocenters. The summed E-state index contributed by atoms with van der Waals surface area (Å²) in [4.78, 5) is 0. The van der Waals surface area contributed by atoms with E-state index in [1.807, 2.05) is 7.11 Å². The first-order valence-electron chi connectivity index (χ1n) is 8.61. The van der Waals surface area contributed by atoms with Crippen LogP contribution >= 0.6 is 7.26 Å². The molecule has 0 heterocycles. The van der Waals surface area contributed by atoms with Crippen molar-refractivity contribution in [3.63, 3.8) is 0 Å². The molecule has 0 aliphatic heterocycles. The van der Waals surface area contributed by atoms with E-state index in [2.05, 4.69) is 32.2 Å². The van der Waals surface area contributed by atoms with Gasteiger partial charge < -0.3 is 16.2 Å². The Balaban J connectivity index is -0.000000573. The minimum absolute atomic E-state index is 0.687. The normalized spacial score (nSPS) is 9.48. The van der Waals surface area contributed by atoms with Gasteiger partial charge in [0.05, 0.1) is 31.3 Å². The van der Waals surface area contributed by atoms with Gasteiger partial charge in [-0.2, -0.15) is 10.5 Å². The van der Waals surface area contributed by atoms with Gasteiger partial charge in [0.15, 0.2) is 12.4 Å². The second kappa shape index (κ2) is 23.2. The Morgan fingerprint density at radius 3 is 1.30 bits per heavy atom. The zero-order valence-corrected chi connectivity index (χ0v) is 16.6. The van der Waals surface area contributed by atoms with E-state index < -0.39 is 7.26 Å². The standard InChI is InChI=1S/C15H34OP.2CH2N2/c1-5-8-12-17(13-9-6-2,14-10-7-3)15-11-16-4;2*2-1-3/h5-15H2,1-4H3;2*2H2/q+1;;. The van der Waals surface area contributed by atoms with Crippen molar-refractivity contribution in [1.82, 2.24) is 0 Å². The highest BCUT2D eigenvalue weighted by Crippen LogP contribution is 2.60. The van der Waals surface area contributed by atoms with Crippen LogP contribution in [0.15, 0.2) is 0 Å². The van der Waals surface area contributed by atoms with Crippen molar-refractivity contribution in [2.45, 2.75) is 59.3 Å². The van der Waals surface area contributed by atoms with E-state index in [9.17, 15) is 0 Å². The molecule has 0 saturated carbocycles. The van der Waals surface area contributed by atoms with Gasteiger partial charge in [0.1, 0.15) is 0 Å². The maximum Gasteiger partial charge on any atom is 0.173 e. The fourth-order valence-electron chi connectivity index (χ4n) is 2.44. The molecule has 0 aromatic rings. The molecule has 4 N–H and O–H groups in total. The zero-order chi connectivity index (χ0) is 18.4. The van der Waals surface area contributed by atoms with Gasteiger partial charge in [-0.15, -0.1) is 0 Å². The summed E-state index contributed by atoms with van der Waals surface area (Å²) in [5.41, 5.74) is 8.31. The number of unbranched alkanes of at least 4 members (excludes halogenated alkanes) is 3. The molecule has 0 radical (unpaired) electrons. The number of hydrogen-bond acceptors (Lipinski definition) is 5. The molecule has 136 valence electrons. The molecule has 0 amide bonds. The van der Waals surface area contributed by atoms with Gasteiger partial charge in [0.2, 0.25) is 0 Å². The molecule has 0 atom stereocenters. The van der Waals surface area contributed by atoms with Crippen molar-refractivity contribution in [1.29, 1.82) is 10.5 Å². The van der Waals surface area contributed by atoms with Crippen molar-refractivity contribution in [2.24, 2.45) is 11.5 Å². The highest BCUT2D eigenvalue weighted by atomic mass is 31.2. The van der Waals surface area contributed by atoms with E-state index in [4.69, 9.17) is 15.3 Å². The lowest BCUT2D eigenvalue weighted by Crippen LogP contribution is -2.15. The Bertz CT molecular complexity index is 250. The van der Waals surface area contributed by atoms with Crippen LogP contribution in [0.5, 0.6) is 0 Å². The molecule has 5 nitrogen and oxygen atoms in total. The van der Waals surface area contributed by atoms with Crippen LogP contribution in [0.1, 0.15) is 59.3 Å². The van der Waals surface area contributed by atoms with Crippen LogP contribution in [0.2, 0.25) is 0 Å². The topological polar surface area (TPSA) is 109 Å². The van der Waals surface area contributed by atoms with Crippen molar-refractivity contribution < 1.29 is 4.74 Å². The fourth-order valence-corrected chi connectivity index (χ4v) is 7.31. The molecule has 0 bridgehead atoms. The highest BCUT2D eigenvalue weighted by Gasteiger charge is 2.34. The van der Waals surface area contributed by atoms with Gasteiger partial charge in [0, 0.05) is 14.4 Å². The second-order valence-corrected chi connectivity index (χ2v) is 10.0. The first-order valence-corrected chi connectivity index (χ1v) is 11.1. The third-order valence-corrected chi connectivity index (χ3v) is 8.65. The van der Waals surface area contributed by atoms with Gasteiger partial charge in [-0.25, -0.2) is 0 Å². The molecular formula is C17H38N4OP+. The van der Waals surface area contributed by atoms with Crippen LogP contribution in [-0.4, -0.2) is 38.4 Å². The van der Waals surface area contributed by atoms with Crippen LogP contribution in [0.3, 0.4) is 0 Å². The summed E-state index contributed by atoms with van der Waals surface area (Å²) < 4.78 is 5.37. The number of methoxy groups -OCH3 is 1. The lowest BCUT2D eigenvalue weighted by atomic mass is 10.4. The number of nitrogens with two attached hydrogens (primary N) is 2. The van der Waals surface area contributed by atoms with Gasteiger partial charge in [-0.05, 0) is 19.3 Å². The zero-order valence-electron chi connectivity index (χ0n) is 15.7. The van der Waals surface area contributed by atoms with Gasteiger partial charge in [-0.1, -0.05) is 40.0 Å². The lowest BCUT2D eigenvalue weighted by Gasteiger charge is -2.27. The Morgan fingerprint density at radius 2 is 1.09 bits per heavy atom. The number of nitrogens with zero attached hydrogens (tertiary/aromatic N) is 2. The van der Waals surface area contributed by atoms with Crippen molar-refractivity contribution >= 4 is 7.26 Å². The quantitative estimate of drug-likeness (QED) is 0.317. The maximum atomic E-state index is 7.10. The van der Waals surface area contributed by atoms with Crippen LogP contribution in [0, 0.1) is 22.9 Å². The third kappa shape index (κ3) is 21.0. The molecule has 6 heteroatoms. The van der Waals surface area contributed by atoms with E-state index in [1.54, 1.807) is 0 Å². The third-order valence-electron chi connectivity index (χ3n) is 3.73. The molecule has 0 aliphatic rings. The van der Waals surface area contributed by atoms with Gasteiger partial charge in [-0.3, -0.25) is 0 Å². The van der Waals surface area contributed by atoms with Crippen LogP contribution < -0.4 is 11.5 Å². The van der Waals surface area contributed by atoms with Crippen LogP contribution in [0.25, 0.3) is 0 Å². The summed E-state index contributed by atoms with van der Waals surface area (Å²) in [6.07, 6.45) is 16.8. The van der Waals surface area contributed by atoms with E-state index >= 15 is 0 Å². The van der Waals surface area contributed by atoms with Crippen molar-refractivity contribution in [2.75, 3.05) is 38.4 Å². The number of nitriles is 2. The summed E-state index contributed by atoms with van der Waals surface area (Å²) in [5, 5.41) is 14.2. The summed E-state index contributed by atoms with van der Waals surface area (Å²) in [6, 6.07) is 0. The predicted octanol–water partition coefficient (Wildman–Crippen LogP) is 3.90. The Labute approximate surface area is 144 Å². The molecule has 0 aliphatic carbocycles. The molecule has 0 saturated heterocycles. The smallest absolute Gasteiger partial charge is 0.173 e. The summed E-state index contributed by atoms with van der Waals surface area (Å²) in [7, 11) is 1.17. The Kier molecular flexibility index (Phi) is 27.1. The van der Waals surface area contributed by atoms with Gasteiger partial charge >= 0.3 is 0 Å². The second-order valence-electron chi connectivity index (χ2n) is 5.55. The van der Waals surface area contributed by atoms with E-state index in [0.29, 0.717) is 0 Å². The SMILES string of the molecule is CCCC[P+](CCCC)(CCCC)CCOC.N#CN.N#CN. The average molecular weight is 345 g/mol.